The van der Waals surface area contributed by atoms with Crippen LogP contribution in [0.3, 0.4) is 0 Å². The smallest absolute Gasteiger partial charge is 0.226 e. The number of hydrogen-bond acceptors (Lipinski definition) is 2. The van der Waals surface area contributed by atoms with Crippen LogP contribution in [0.2, 0.25) is 0 Å². The van der Waals surface area contributed by atoms with Crippen LogP contribution in [0.1, 0.15) is 57.6 Å². The van der Waals surface area contributed by atoms with Gasteiger partial charge in [0.1, 0.15) is 0 Å². The number of benzene rings is 1. The molecule has 0 saturated heterocycles. The van der Waals surface area contributed by atoms with Crippen molar-refractivity contribution in [3.63, 3.8) is 0 Å². The topological polar surface area (TPSA) is 32.3 Å². The third kappa shape index (κ3) is 3.40. The van der Waals surface area contributed by atoms with Gasteiger partial charge in [-0.25, -0.2) is 0 Å². The lowest BCUT2D eigenvalue weighted by atomic mass is 9.95. The molecule has 20 heavy (non-hydrogen) atoms. The third-order valence-corrected chi connectivity index (χ3v) is 3.93. The molecule has 1 aliphatic rings. The third-order valence-electron chi connectivity index (χ3n) is 3.93. The number of carbonyl (C=O) groups is 1. The molecule has 0 aliphatic carbocycles. The predicted octanol–water partition coefficient (Wildman–Crippen LogP) is 3.65. The van der Waals surface area contributed by atoms with E-state index < -0.39 is 0 Å². The molecule has 0 bridgehead atoms. The summed E-state index contributed by atoms with van der Waals surface area (Å²) in [6.45, 7) is 6.17. The summed E-state index contributed by atoms with van der Waals surface area (Å²) in [4.78, 5) is 14.3. The summed E-state index contributed by atoms with van der Waals surface area (Å²) < 4.78 is 0. The molecule has 1 atom stereocenters. The Morgan fingerprint density at radius 2 is 2.10 bits per heavy atom. The van der Waals surface area contributed by atoms with E-state index in [-0.39, 0.29) is 5.91 Å². The van der Waals surface area contributed by atoms with E-state index in [1.54, 1.807) is 0 Å². The fourth-order valence-corrected chi connectivity index (χ4v) is 2.81. The van der Waals surface area contributed by atoms with Gasteiger partial charge in [-0.15, -0.1) is 0 Å². The molecule has 1 aliphatic heterocycles. The largest absolute Gasteiger partial charge is 0.312 e. The molecule has 2 rings (SSSR count). The minimum absolute atomic E-state index is 0.272. The van der Waals surface area contributed by atoms with Crippen LogP contribution in [0, 0.1) is 0 Å². The van der Waals surface area contributed by atoms with Crippen LogP contribution in [-0.4, -0.2) is 19.0 Å². The van der Waals surface area contributed by atoms with Gasteiger partial charge in [0, 0.05) is 24.7 Å². The Bertz CT molecular complexity index is 444. The molecule has 0 aromatic heterocycles. The number of rotatable bonds is 6. The molecular formula is C17H26N2O. The highest BCUT2D eigenvalue weighted by Gasteiger charge is 2.27. The highest BCUT2D eigenvalue weighted by Crippen LogP contribution is 2.34. The van der Waals surface area contributed by atoms with E-state index in [1.807, 2.05) is 11.0 Å². The standard InChI is InChI=1S/C17H26N2O/c1-3-5-10-17(20)19-13-11-15(18-12-4-2)14-8-6-7-9-16(14)19/h6-9,15,18H,3-5,10-13H2,1-2H3. The van der Waals surface area contributed by atoms with Crippen LogP contribution in [0.4, 0.5) is 5.69 Å². The Kier molecular flexibility index (Phi) is 5.60. The van der Waals surface area contributed by atoms with E-state index in [1.165, 1.54) is 5.56 Å². The Labute approximate surface area is 122 Å². The number of fused-ring (bicyclic) bond motifs is 1. The molecule has 0 radical (unpaired) electrons. The zero-order chi connectivity index (χ0) is 14.4. The van der Waals surface area contributed by atoms with Gasteiger partial charge in [0.25, 0.3) is 0 Å². The molecule has 1 aromatic carbocycles. The molecule has 0 fully saturated rings. The van der Waals surface area contributed by atoms with Crippen molar-refractivity contribution in [3.05, 3.63) is 29.8 Å². The first kappa shape index (κ1) is 15.0. The van der Waals surface area contributed by atoms with Gasteiger partial charge in [0.15, 0.2) is 0 Å². The minimum Gasteiger partial charge on any atom is -0.312 e. The molecule has 0 saturated carbocycles. The van der Waals surface area contributed by atoms with E-state index in [0.717, 1.165) is 44.5 Å². The summed E-state index contributed by atoms with van der Waals surface area (Å²) in [6.07, 6.45) is 4.86. The Morgan fingerprint density at radius 1 is 1.30 bits per heavy atom. The van der Waals surface area contributed by atoms with E-state index >= 15 is 0 Å². The highest BCUT2D eigenvalue weighted by atomic mass is 16.2. The molecule has 110 valence electrons. The number of carbonyl (C=O) groups excluding carboxylic acids is 1. The minimum atomic E-state index is 0.272. The number of anilines is 1. The van der Waals surface area contributed by atoms with E-state index in [0.29, 0.717) is 12.5 Å². The summed E-state index contributed by atoms with van der Waals surface area (Å²) in [6, 6.07) is 8.72. The number of hydrogen-bond donors (Lipinski definition) is 1. The monoisotopic (exact) mass is 274 g/mol. The van der Waals surface area contributed by atoms with E-state index in [4.69, 9.17) is 0 Å². The number of para-hydroxylation sites is 1. The Hall–Kier alpha value is -1.35. The Balaban J connectivity index is 2.16. The van der Waals surface area contributed by atoms with Crippen molar-refractivity contribution in [2.45, 2.75) is 52.0 Å². The summed E-state index contributed by atoms with van der Waals surface area (Å²) >= 11 is 0. The second kappa shape index (κ2) is 7.44. The molecule has 1 aromatic rings. The first-order valence-electron chi connectivity index (χ1n) is 7.90. The lowest BCUT2D eigenvalue weighted by Crippen LogP contribution is -2.39. The van der Waals surface area contributed by atoms with Gasteiger partial charge in [0.05, 0.1) is 0 Å². The molecule has 0 spiro atoms. The van der Waals surface area contributed by atoms with Crippen molar-refractivity contribution in [3.8, 4) is 0 Å². The van der Waals surface area contributed by atoms with Gasteiger partial charge < -0.3 is 10.2 Å². The molecule has 1 unspecified atom stereocenters. The van der Waals surface area contributed by atoms with Crippen molar-refractivity contribution in [1.82, 2.24) is 5.32 Å². The van der Waals surface area contributed by atoms with Crippen molar-refractivity contribution >= 4 is 11.6 Å². The maximum absolute atomic E-state index is 12.3. The van der Waals surface area contributed by atoms with Crippen LogP contribution in [-0.2, 0) is 4.79 Å². The molecule has 3 nitrogen and oxygen atoms in total. The molecular weight excluding hydrogens is 248 g/mol. The molecule has 1 N–H and O–H groups in total. The van der Waals surface area contributed by atoms with Gasteiger partial charge >= 0.3 is 0 Å². The first-order valence-corrected chi connectivity index (χ1v) is 7.90. The van der Waals surface area contributed by atoms with Crippen LogP contribution in [0.15, 0.2) is 24.3 Å². The number of nitrogens with zero attached hydrogens (tertiary/aromatic N) is 1. The fourth-order valence-electron chi connectivity index (χ4n) is 2.81. The van der Waals surface area contributed by atoms with Gasteiger partial charge in [-0.3, -0.25) is 4.79 Å². The first-order chi connectivity index (χ1) is 9.77. The van der Waals surface area contributed by atoms with Gasteiger partial charge in [0.2, 0.25) is 5.91 Å². The Morgan fingerprint density at radius 3 is 2.85 bits per heavy atom. The fraction of sp³-hybridized carbons (Fsp3) is 0.588. The molecule has 1 heterocycles. The van der Waals surface area contributed by atoms with Crippen LogP contribution >= 0.6 is 0 Å². The van der Waals surface area contributed by atoms with Gasteiger partial charge in [-0.1, -0.05) is 38.5 Å². The van der Waals surface area contributed by atoms with Crippen molar-refractivity contribution in [2.24, 2.45) is 0 Å². The lowest BCUT2D eigenvalue weighted by molar-refractivity contribution is -0.118. The molecule has 1 amide bonds. The number of unbranched alkanes of at least 4 members (excludes halogenated alkanes) is 1. The van der Waals surface area contributed by atoms with Gasteiger partial charge in [-0.05, 0) is 37.4 Å². The summed E-state index contributed by atoms with van der Waals surface area (Å²) in [5, 5.41) is 3.59. The summed E-state index contributed by atoms with van der Waals surface area (Å²) in [5.74, 6) is 0.272. The molecule has 3 heteroatoms. The average Bonchev–Trinajstić information content (AvgIpc) is 2.50. The number of amides is 1. The summed E-state index contributed by atoms with van der Waals surface area (Å²) in [5.41, 5.74) is 2.38. The zero-order valence-electron chi connectivity index (χ0n) is 12.7. The predicted molar refractivity (Wildman–Crippen MR) is 84.0 cm³/mol. The SMILES string of the molecule is CCCCC(=O)N1CCC(NCCC)c2ccccc21. The lowest BCUT2D eigenvalue weighted by Gasteiger charge is -2.35. The normalized spacial score (nSPS) is 17.9. The summed E-state index contributed by atoms with van der Waals surface area (Å²) in [7, 11) is 0. The van der Waals surface area contributed by atoms with Gasteiger partial charge in [-0.2, -0.15) is 0 Å². The van der Waals surface area contributed by atoms with E-state index in [2.05, 4.69) is 37.4 Å². The van der Waals surface area contributed by atoms with Crippen molar-refractivity contribution in [1.29, 1.82) is 0 Å². The second-order valence-electron chi connectivity index (χ2n) is 5.50. The van der Waals surface area contributed by atoms with E-state index in [9.17, 15) is 4.79 Å². The maximum atomic E-state index is 12.3. The maximum Gasteiger partial charge on any atom is 0.226 e. The van der Waals surface area contributed by atoms with Crippen molar-refractivity contribution < 1.29 is 4.79 Å². The second-order valence-corrected chi connectivity index (χ2v) is 5.50. The highest BCUT2D eigenvalue weighted by molar-refractivity contribution is 5.94. The van der Waals surface area contributed by atoms with Crippen LogP contribution < -0.4 is 10.2 Å². The van der Waals surface area contributed by atoms with Crippen molar-refractivity contribution in [2.75, 3.05) is 18.0 Å². The van der Waals surface area contributed by atoms with Crippen LogP contribution in [0.25, 0.3) is 0 Å². The number of nitrogens with one attached hydrogen (secondary N) is 1. The van der Waals surface area contributed by atoms with Crippen LogP contribution in [0.5, 0.6) is 0 Å². The quantitative estimate of drug-likeness (QED) is 0.858. The average molecular weight is 274 g/mol. The zero-order valence-corrected chi connectivity index (χ0v) is 12.7.